The lowest BCUT2D eigenvalue weighted by Crippen LogP contribution is -2.40. The zero-order valence-corrected chi connectivity index (χ0v) is 20.0. The molecule has 0 bridgehead atoms. The van der Waals surface area contributed by atoms with Gasteiger partial charge in [0.1, 0.15) is 6.54 Å². The molecule has 0 aliphatic carbocycles. The van der Waals surface area contributed by atoms with Crippen molar-refractivity contribution in [2.75, 3.05) is 32.1 Å². The van der Waals surface area contributed by atoms with Crippen molar-refractivity contribution in [1.29, 1.82) is 0 Å². The van der Waals surface area contributed by atoms with Crippen LogP contribution in [0.4, 0.5) is 5.69 Å². The quantitative estimate of drug-likeness (QED) is 0.566. The molecule has 0 spiro atoms. The lowest BCUT2D eigenvalue weighted by atomic mass is 10.1. The molecule has 0 unspecified atom stereocenters. The Bertz CT molecular complexity index is 1050. The maximum absolute atomic E-state index is 13.0. The second-order valence-corrected chi connectivity index (χ2v) is 9.53. The summed E-state index contributed by atoms with van der Waals surface area (Å²) < 4.78 is 32.2. The minimum absolute atomic E-state index is 0.0684. The molecule has 0 aliphatic rings. The van der Waals surface area contributed by atoms with E-state index in [2.05, 4.69) is 10.0 Å². The number of amides is 2. The van der Waals surface area contributed by atoms with E-state index in [1.807, 2.05) is 32.0 Å². The number of methoxy groups -OCH3 is 1. The molecular formula is C23H31N3O5S. The molecule has 0 aliphatic heterocycles. The number of rotatable bonds is 10. The third kappa shape index (κ3) is 6.88. The Morgan fingerprint density at radius 2 is 1.72 bits per heavy atom. The van der Waals surface area contributed by atoms with Gasteiger partial charge in [-0.3, -0.25) is 9.59 Å². The number of benzene rings is 2. The average Bonchev–Trinajstić information content (AvgIpc) is 2.73. The van der Waals surface area contributed by atoms with Crippen LogP contribution in [-0.2, 0) is 19.6 Å². The Labute approximate surface area is 190 Å². The number of sulfonamides is 1. The monoisotopic (exact) mass is 461 g/mol. The summed E-state index contributed by atoms with van der Waals surface area (Å²) in [6.45, 7) is 7.64. The van der Waals surface area contributed by atoms with Crippen molar-refractivity contribution in [2.24, 2.45) is 0 Å². The first-order valence-electron chi connectivity index (χ1n) is 10.3. The number of anilines is 1. The molecule has 0 atom stereocenters. The highest BCUT2D eigenvalue weighted by Crippen LogP contribution is 2.18. The molecule has 32 heavy (non-hydrogen) atoms. The molecule has 174 valence electrons. The van der Waals surface area contributed by atoms with Crippen molar-refractivity contribution in [3.8, 4) is 0 Å². The minimum atomic E-state index is -3.66. The molecule has 8 nitrogen and oxygen atoms in total. The normalized spacial score (nSPS) is 11.4. The number of nitrogens with zero attached hydrogens (tertiary/aromatic N) is 1. The number of hydrogen-bond donors (Lipinski definition) is 2. The standard InChI is InChI=1S/C23H31N3O5S/c1-16(2)25-32(29,30)20-11-9-19(10-12-20)23(28)26(13-14-31-5)15-22(27)24-21-8-6-7-17(3)18(21)4/h6-12,16,25H,13-15H2,1-5H3,(H,24,27). The summed E-state index contributed by atoms with van der Waals surface area (Å²) in [7, 11) is -2.14. The van der Waals surface area contributed by atoms with Gasteiger partial charge >= 0.3 is 0 Å². The summed E-state index contributed by atoms with van der Waals surface area (Å²) >= 11 is 0. The Morgan fingerprint density at radius 3 is 2.31 bits per heavy atom. The first-order valence-corrected chi connectivity index (χ1v) is 11.8. The van der Waals surface area contributed by atoms with Crippen LogP contribution in [0, 0.1) is 13.8 Å². The second-order valence-electron chi connectivity index (χ2n) is 7.82. The SMILES string of the molecule is COCCN(CC(=O)Nc1cccc(C)c1C)C(=O)c1ccc(S(=O)(=O)NC(C)C)cc1. The van der Waals surface area contributed by atoms with E-state index >= 15 is 0 Å². The van der Waals surface area contributed by atoms with Gasteiger partial charge in [0.05, 0.1) is 11.5 Å². The molecule has 0 saturated carbocycles. The van der Waals surface area contributed by atoms with E-state index in [1.54, 1.807) is 13.8 Å². The number of carbonyl (C=O) groups is 2. The van der Waals surface area contributed by atoms with Gasteiger partial charge in [-0.05, 0) is 69.2 Å². The summed E-state index contributed by atoms with van der Waals surface area (Å²) in [6, 6.07) is 11.0. The van der Waals surface area contributed by atoms with Gasteiger partial charge in [0.15, 0.2) is 0 Å². The molecule has 0 saturated heterocycles. The van der Waals surface area contributed by atoms with Gasteiger partial charge in [-0.2, -0.15) is 0 Å². The van der Waals surface area contributed by atoms with E-state index < -0.39 is 10.0 Å². The van der Waals surface area contributed by atoms with Crippen LogP contribution in [0.5, 0.6) is 0 Å². The summed E-state index contributed by atoms with van der Waals surface area (Å²) in [5.41, 5.74) is 2.99. The number of carbonyl (C=O) groups excluding carboxylic acids is 2. The molecule has 0 aromatic heterocycles. The summed E-state index contributed by atoms with van der Waals surface area (Å²) in [5, 5.41) is 2.85. The summed E-state index contributed by atoms with van der Waals surface area (Å²) in [5.74, 6) is -0.720. The minimum Gasteiger partial charge on any atom is -0.383 e. The van der Waals surface area contributed by atoms with Gasteiger partial charge < -0.3 is 15.0 Å². The number of aryl methyl sites for hydroxylation is 1. The van der Waals surface area contributed by atoms with Crippen molar-refractivity contribution in [1.82, 2.24) is 9.62 Å². The molecule has 0 radical (unpaired) electrons. The molecule has 2 aromatic carbocycles. The van der Waals surface area contributed by atoms with E-state index in [1.165, 1.54) is 36.3 Å². The van der Waals surface area contributed by atoms with Gasteiger partial charge in [-0.1, -0.05) is 12.1 Å². The highest BCUT2D eigenvalue weighted by molar-refractivity contribution is 7.89. The summed E-state index contributed by atoms with van der Waals surface area (Å²) in [4.78, 5) is 27.1. The molecule has 2 aromatic rings. The highest BCUT2D eigenvalue weighted by Gasteiger charge is 2.21. The van der Waals surface area contributed by atoms with Crippen molar-refractivity contribution in [3.63, 3.8) is 0 Å². The highest BCUT2D eigenvalue weighted by atomic mass is 32.2. The van der Waals surface area contributed by atoms with Crippen molar-refractivity contribution in [2.45, 2.75) is 38.6 Å². The zero-order valence-electron chi connectivity index (χ0n) is 19.1. The third-order valence-electron chi connectivity index (χ3n) is 4.87. The van der Waals surface area contributed by atoms with Crippen LogP contribution in [0.2, 0.25) is 0 Å². The van der Waals surface area contributed by atoms with E-state index in [0.29, 0.717) is 5.69 Å². The first kappa shape index (κ1) is 25.5. The van der Waals surface area contributed by atoms with Crippen molar-refractivity contribution >= 4 is 27.5 Å². The lowest BCUT2D eigenvalue weighted by Gasteiger charge is -2.22. The Morgan fingerprint density at radius 1 is 1.06 bits per heavy atom. The Hall–Kier alpha value is -2.75. The van der Waals surface area contributed by atoms with Crippen LogP contribution in [0.15, 0.2) is 47.4 Å². The topological polar surface area (TPSA) is 105 Å². The molecule has 0 fully saturated rings. The number of nitrogens with one attached hydrogen (secondary N) is 2. The van der Waals surface area contributed by atoms with Crippen LogP contribution >= 0.6 is 0 Å². The van der Waals surface area contributed by atoms with E-state index in [9.17, 15) is 18.0 Å². The maximum Gasteiger partial charge on any atom is 0.254 e. The smallest absolute Gasteiger partial charge is 0.254 e. The predicted molar refractivity (Wildman–Crippen MR) is 124 cm³/mol. The summed E-state index contributed by atoms with van der Waals surface area (Å²) in [6.07, 6.45) is 0. The van der Waals surface area contributed by atoms with E-state index in [4.69, 9.17) is 4.74 Å². The van der Waals surface area contributed by atoms with Crippen LogP contribution < -0.4 is 10.0 Å². The van der Waals surface area contributed by atoms with Gasteiger partial charge in [0.2, 0.25) is 15.9 Å². The van der Waals surface area contributed by atoms with Gasteiger partial charge in [-0.15, -0.1) is 0 Å². The second kappa shape index (κ2) is 11.2. The Kier molecular flexibility index (Phi) is 8.94. The van der Waals surface area contributed by atoms with E-state index in [0.717, 1.165) is 11.1 Å². The van der Waals surface area contributed by atoms with Gasteiger partial charge in [0.25, 0.3) is 5.91 Å². The van der Waals surface area contributed by atoms with Crippen LogP contribution in [0.3, 0.4) is 0 Å². The lowest BCUT2D eigenvalue weighted by molar-refractivity contribution is -0.117. The van der Waals surface area contributed by atoms with Crippen LogP contribution in [-0.4, -0.2) is 58.0 Å². The van der Waals surface area contributed by atoms with Crippen molar-refractivity contribution in [3.05, 3.63) is 59.2 Å². The molecule has 2 amide bonds. The maximum atomic E-state index is 13.0. The molecule has 0 heterocycles. The fourth-order valence-corrected chi connectivity index (χ4v) is 4.29. The fourth-order valence-electron chi connectivity index (χ4n) is 3.04. The van der Waals surface area contributed by atoms with Crippen LogP contribution in [0.1, 0.15) is 35.3 Å². The van der Waals surface area contributed by atoms with Crippen molar-refractivity contribution < 1.29 is 22.7 Å². The van der Waals surface area contributed by atoms with Crippen LogP contribution in [0.25, 0.3) is 0 Å². The van der Waals surface area contributed by atoms with Gasteiger partial charge in [0, 0.05) is 30.9 Å². The fraction of sp³-hybridized carbons (Fsp3) is 0.391. The molecule has 2 rings (SSSR count). The number of ether oxygens (including phenoxy) is 1. The Balaban J connectivity index is 2.16. The first-order chi connectivity index (χ1) is 15.0. The number of hydrogen-bond acceptors (Lipinski definition) is 5. The molecule has 2 N–H and O–H groups in total. The predicted octanol–water partition coefficient (Wildman–Crippen LogP) is 2.72. The molecular weight excluding hydrogens is 430 g/mol. The largest absolute Gasteiger partial charge is 0.383 e. The zero-order chi connectivity index (χ0) is 23.9. The molecule has 9 heteroatoms. The average molecular weight is 462 g/mol. The van der Waals surface area contributed by atoms with Gasteiger partial charge in [-0.25, -0.2) is 13.1 Å². The van der Waals surface area contributed by atoms with E-state index in [-0.39, 0.29) is 48.0 Å². The third-order valence-corrected chi connectivity index (χ3v) is 6.54.